The van der Waals surface area contributed by atoms with Crippen molar-refractivity contribution in [2.45, 2.75) is 57.8 Å². The first-order valence-corrected chi connectivity index (χ1v) is 23.1. The lowest BCUT2D eigenvalue weighted by atomic mass is 9.65. The second-order valence-electron chi connectivity index (χ2n) is 19.8. The van der Waals surface area contributed by atoms with Gasteiger partial charge in [-0.15, -0.1) is 0 Å². The van der Waals surface area contributed by atoms with E-state index in [9.17, 15) is 0 Å². The molecule has 0 aromatic heterocycles. The molecule has 2 heteroatoms. The highest BCUT2D eigenvalue weighted by Gasteiger charge is 2.45. The fourth-order valence-corrected chi connectivity index (χ4v) is 11.4. The fourth-order valence-electron chi connectivity index (χ4n) is 11.4. The summed E-state index contributed by atoms with van der Waals surface area (Å²) in [7, 11) is 0. The molecule has 9 aromatic carbocycles. The number of para-hydroxylation sites is 2. The van der Waals surface area contributed by atoms with Crippen molar-refractivity contribution in [3.8, 4) is 44.5 Å². The lowest BCUT2D eigenvalue weighted by molar-refractivity contribution is 0.598. The van der Waals surface area contributed by atoms with Gasteiger partial charge in [0.2, 0.25) is 0 Å². The van der Waals surface area contributed by atoms with Gasteiger partial charge >= 0.3 is 0 Å². The van der Waals surface area contributed by atoms with Gasteiger partial charge in [-0.25, -0.2) is 0 Å². The van der Waals surface area contributed by atoms with Crippen LogP contribution in [0, 0.1) is 0 Å². The van der Waals surface area contributed by atoms with Gasteiger partial charge in [-0.2, -0.15) is 0 Å². The zero-order chi connectivity index (χ0) is 44.2. The van der Waals surface area contributed by atoms with E-state index in [-0.39, 0.29) is 16.2 Å². The molecule has 2 aliphatic heterocycles. The number of nitrogens with zero attached hydrogens (tertiary/aromatic N) is 2. The Bertz CT molecular complexity index is 3240. The molecule has 0 amide bonds. The van der Waals surface area contributed by atoms with E-state index in [1.807, 2.05) is 0 Å². The van der Waals surface area contributed by atoms with Crippen molar-refractivity contribution in [1.29, 1.82) is 0 Å². The molecule has 2 heterocycles. The molecule has 0 bridgehead atoms. The second kappa shape index (κ2) is 14.3. The minimum absolute atomic E-state index is 0.0967. The zero-order valence-corrected chi connectivity index (χ0v) is 38.0. The van der Waals surface area contributed by atoms with Crippen LogP contribution in [-0.2, 0) is 16.2 Å². The van der Waals surface area contributed by atoms with Gasteiger partial charge in [0.1, 0.15) is 0 Å². The zero-order valence-electron chi connectivity index (χ0n) is 38.0. The molecule has 9 aromatic rings. The SMILES string of the molecule is CC1(C)c2ccccc2-c2ccc(N(c3ccc(-c4ccccc4)cc3)c3ccc(-c4ccc(-c5cc6c7c(c5)C(C)(C)c5ccccc5N7c5ccccc5C6(C)C)cc4)cc3)cc21. The Morgan fingerprint density at radius 2 is 0.677 bits per heavy atom. The van der Waals surface area contributed by atoms with E-state index in [0.29, 0.717) is 0 Å². The lowest BCUT2D eigenvalue weighted by Crippen LogP contribution is -2.38. The number of hydrogen-bond donors (Lipinski definition) is 0. The van der Waals surface area contributed by atoms with Crippen molar-refractivity contribution >= 4 is 34.1 Å². The third-order valence-electron chi connectivity index (χ3n) is 15.1. The van der Waals surface area contributed by atoms with E-state index < -0.39 is 0 Å². The number of rotatable bonds is 6. The van der Waals surface area contributed by atoms with Gasteiger partial charge in [0, 0.05) is 33.3 Å². The van der Waals surface area contributed by atoms with E-state index in [4.69, 9.17) is 0 Å². The van der Waals surface area contributed by atoms with Crippen molar-refractivity contribution in [3.63, 3.8) is 0 Å². The van der Waals surface area contributed by atoms with E-state index >= 15 is 0 Å². The molecule has 0 saturated heterocycles. The fraction of sp³-hybridized carbons (Fsp3) is 0.143. The minimum atomic E-state index is -0.171. The molecule has 0 spiro atoms. The molecule has 65 heavy (non-hydrogen) atoms. The highest BCUT2D eigenvalue weighted by molar-refractivity contribution is 5.94. The topological polar surface area (TPSA) is 6.48 Å². The van der Waals surface area contributed by atoms with Gasteiger partial charge in [0.05, 0.1) is 17.1 Å². The van der Waals surface area contributed by atoms with Crippen LogP contribution < -0.4 is 9.80 Å². The second-order valence-corrected chi connectivity index (χ2v) is 19.8. The molecule has 12 rings (SSSR count). The lowest BCUT2D eigenvalue weighted by Gasteiger charge is -2.49. The molecule has 0 unspecified atom stereocenters. The van der Waals surface area contributed by atoms with Crippen molar-refractivity contribution < 1.29 is 0 Å². The maximum atomic E-state index is 2.54. The molecule has 0 N–H and O–H groups in total. The standard InChI is InChI=1S/C63H52N2/c1-61(2)52-19-11-10-18-50(52)51-37-36-49(40-55(51)61)64(47-32-28-43(29-33-47)41-16-8-7-9-17-41)48-34-30-44(31-35-48)42-24-26-45(27-25-42)46-38-56-60-57(39-46)63(5,6)54-21-13-15-23-59(54)65(60)58-22-14-12-20-53(58)62(56,3)4/h7-40H,1-6H3. The summed E-state index contributed by atoms with van der Waals surface area (Å²) in [4.78, 5) is 4.94. The number of fused-ring (bicyclic) bond motifs is 7. The average molecular weight is 837 g/mol. The van der Waals surface area contributed by atoms with Crippen LogP contribution in [0.15, 0.2) is 206 Å². The summed E-state index contributed by atoms with van der Waals surface area (Å²) in [5.74, 6) is 0. The van der Waals surface area contributed by atoms with E-state index in [2.05, 4.69) is 258 Å². The highest BCUT2D eigenvalue weighted by Crippen LogP contribution is 2.61. The predicted octanol–water partition coefficient (Wildman–Crippen LogP) is 17.2. The van der Waals surface area contributed by atoms with Gasteiger partial charge in [-0.05, 0) is 139 Å². The quantitative estimate of drug-likeness (QED) is 0.165. The molecule has 2 nitrogen and oxygen atoms in total. The Morgan fingerprint density at radius 1 is 0.292 bits per heavy atom. The smallest absolute Gasteiger partial charge is 0.0544 e. The Morgan fingerprint density at radius 3 is 1.22 bits per heavy atom. The van der Waals surface area contributed by atoms with E-state index in [1.165, 1.54) is 95.0 Å². The highest BCUT2D eigenvalue weighted by atomic mass is 15.2. The monoisotopic (exact) mass is 836 g/mol. The first kappa shape index (κ1) is 39.2. The maximum Gasteiger partial charge on any atom is 0.0544 e. The molecule has 0 radical (unpaired) electrons. The molecular weight excluding hydrogens is 785 g/mol. The molecule has 0 atom stereocenters. The Balaban J connectivity index is 0.908. The van der Waals surface area contributed by atoms with Gasteiger partial charge in [0.25, 0.3) is 0 Å². The van der Waals surface area contributed by atoms with Crippen molar-refractivity contribution in [2.75, 3.05) is 9.80 Å². The van der Waals surface area contributed by atoms with Crippen LogP contribution in [0.5, 0.6) is 0 Å². The molecule has 3 aliphatic rings. The van der Waals surface area contributed by atoms with Crippen LogP contribution in [0.25, 0.3) is 44.5 Å². The van der Waals surface area contributed by atoms with Gasteiger partial charge in [0.15, 0.2) is 0 Å². The summed E-state index contributed by atoms with van der Waals surface area (Å²) >= 11 is 0. The van der Waals surface area contributed by atoms with Crippen molar-refractivity contribution in [1.82, 2.24) is 0 Å². The molecule has 1 aliphatic carbocycles. The summed E-state index contributed by atoms with van der Waals surface area (Å²) in [6.45, 7) is 14.3. The first-order chi connectivity index (χ1) is 31.5. The van der Waals surface area contributed by atoms with Crippen LogP contribution in [0.3, 0.4) is 0 Å². The molecular formula is C63H52N2. The van der Waals surface area contributed by atoms with Crippen molar-refractivity contribution in [2.24, 2.45) is 0 Å². The summed E-state index contributed by atoms with van der Waals surface area (Å²) in [5.41, 5.74) is 25.1. The van der Waals surface area contributed by atoms with Crippen LogP contribution in [-0.4, -0.2) is 0 Å². The van der Waals surface area contributed by atoms with Crippen LogP contribution in [0.4, 0.5) is 34.1 Å². The molecule has 0 saturated carbocycles. The summed E-state index contributed by atoms with van der Waals surface area (Å²) < 4.78 is 0. The van der Waals surface area contributed by atoms with Crippen LogP contribution in [0.2, 0.25) is 0 Å². The van der Waals surface area contributed by atoms with Crippen LogP contribution >= 0.6 is 0 Å². The van der Waals surface area contributed by atoms with Gasteiger partial charge in [-0.3, -0.25) is 0 Å². The summed E-state index contributed by atoms with van der Waals surface area (Å²) in [6, 6.07) is 76.8. The molecule has 314 valence electrons. The Labute approximate surface area is 384 Å². The number of anilines is 6. The van der Waals surface area contributed by atoms with Gasteiger partial charge < -0.3 is 9.80 Å². The largest absolute Gasteiger partial charge is 0.310 e. The molecule has 0 fully saturated rings. The Hall–Kier alpha value is -7.42. The van der Waals surface area contributed by atoms with Crippen molar-refractivity contribution in [3.05, 3.63) is 240 Å². The average Bonchev–Trinajstić information content (AvgIpc) is 3.57. The first-order valence-electron chi connectivity index (χ1n) is 23.1. The third-order valence-corrected chi connectivity index (χ3v) is 15.1. The van der Waals surface area contributed by atoms with E-state index in [1.54, 1.807) is 0 Å². The summed E-state index contributed by atoms with van der Waals surface area (Å²) in [5, 5.41) is 0. The third kappa shape index (κ3) is 5.93. The number of benzene rings is 9. The predicted molar refractivity (Wildman–Crippen MR) is 274 cm³/mol. The minimum Gasteiger partial charge on any atom is -0.310 e. The summed E-state index contributed by atoms with van der Waals surface area (Å²) in [6.07, 6.45) is 0. The normalized spacial score (nSPS) is 15.3. The van der Waals surface area contributed by atoms with Gasteiger partial charge in [-0.1, -0.05) is 187 Å². The van der Waals surface area contributed by atoms with E-state index in [0.717, 1.165) is 17.1 Å². The Kier molecular flexibility index (Phi) is 8.62. The maximum absolute atomic E-state index is 2.54. The number of hydrogen-bond acceptors (Lipinski definition) is 2. The van der Waals surface area contributed by atoms with Crippen LogP contribution in [0.1, 0.15) is 74.9 Å².